The summed E-state index contributed by atoms with van der Waals surface area (Å²) in [4.78, 5) is 11.2. The number of esters is 1. The van der Waals surface area contributed by atoms with E-state index in [1.54, 1.807) is 0 Å². The van der Waals surface area contributed by atoms with Crippen molar-refractivity contribution in [3.63, 3.8) is 0 Å². The minimum Gasteiger partial charge on any atom is -0.499 e. The van der Waals surface area contributed by atoms with Crippen LogP contribution in [0.5, 0.6) is 0 Å². The summed E-state index contributed by atoms with van der Waals surface area (Å²) in [5.74, 6) is -0.368. The molecular weight excluding hydrogens is 224 g/mol. The molecule has 0 bridgehead atoms. The maximum atomic E-state index is 11.2. The van der Waals surface area contributed by atoms with Crippen molar-refractivity contribution in [2.45, 2.75) is 26.4 Å². The van der Waals surface area contributed by atoms with E-state index in [4.69, 9.17) is 18.9 Å². The van der Waals surface area contributed by atoms with E-state index in [0.717, 1.165) is 0 Å². The topological polar surface area (TPSA) is 54.0 Å². The predicted octanol–water partition coefficient (Wildman–Crippen LogP) is 1.52. The molecule has 0 radical (unpaired) electrons. The average Bonchev–Trinajstić information content (AvgIpc) is 2.19. The molecule has 0 aromatic rings. The Labute approximate surface area is 103 Å². The van der Waals surface area contributed by atoms with Gasteiger partial charge in [-0.1, -0.05) is 6.58 Å². The largest absolute Gasteiger partial charge is 0.499 e. The molecule has 0 aliphatic rings. The van der Waals surface area contributed by atoms with Gasteiger partial charge < -0.3 is 18.9 Å². The van der Waals surface area contributed by atoms with Gasteiger partial charge in [0.15, 0.2) is 0 Å². The highest BCUT2D eigenvalue weighted by Crippen LogP contribution is 2.06. The van der Waals surface area contributed by atoms with E-state index in [2.05, 4.69) is 6.58 Å². The van der Waals surface area contributed by atoms with E-state index in [1.165, 1.54) is 6.26 Å². The zero-order chi connectivity index (χ0) is 13.1. The van der Waals surface area contributed by atoms with Gasteiger partial charge in [0.2, 0.25) is 0 Å². The first-order chi connectivity index (χ1) is 7.95. The lowest BCUT2D eigenvalue weighted by atomic mass is 10.2. The van der Waals surface area contributed by atoms with E-state index in [-0.39, 0.29) is 12.6 Å². The molecule has 0 aromatic carbocycles. The SMILES string of the molecule is C=COCCOCCOCC(=O)OC(C)(C)C. The molecule has 0 rings (SSSR count). The van der Waals surface area contributed by atoms with Gasteiger partial charge in [-0.05, 0) is 20.8 Å². The lowest BCUT2D eigenvalue weighted by molar-refractivity contribution is -0.160. The molecule has 0 aromatic heterocycles. The van der Waals surface area contributed by atoms with Crippen molar-refractivity contribution in [1.29, 1.82) is 0 Å². The number of rotatable bonds is 9. The van der Waals surface area contributed by atoms with Gasteiger partial charge in [-0.15, -0.1) is 0 Å². The molecule has 0 unspecified atom stereocenters. The summed E-state index contributed by atoms with van der Waals surface area (Å²) in [6.45, 7) is 10.5. The second-order valence-corrected chi connectivity index (χ2v) is 4.29. The van der Waals surface area contributed by atoms with Crippen LogP contribution in [0, 0.1) is 0 Å². The maximum absolute atomic E-state index is 11.2. The Bertz CT molecular complexity index is 219. The Morgan fingerprint density at radius 2 is 1.71 bits per heavy atom. The summed E-state index contributed by atoms with van der Waals surface area (Å²) in [5, 5.41) is 0. The van der Waals surface area contributed by atoms with E-state index in [9.17, 15) is 4.79 Å². The van der Waals surface area contributed by atoms with Crippen LogP contribution in [0.25, 0.3) is 0 Å². The summed E-state index contributed by atoms with van der Waals surface area (Å²) < 4.78 is 20.2. The highest BCUT2D eigenvalue weighted by Gasteiger charge is 2.15. The van der Waals surface area contributed by atoms with Crippen molar-refractivity contribution >= 4 is 5.97 Å². The molecule has 0 saturated carbocycles. The van der Waals surface area contributed by atoms with Crippen LogP contribution in [0.1, 0.15) is 20.8 Å². The van der Waals surface area contributed by atoms with E-state index in [1.807, 2.05) is 20.8 Å². The fraction of sp³-hybridized carbons (Fsp3) is 0.750. The Morgan fingerprint density at radius 1 is 1.12 bits per heavy atom. The van der Waals surface area contributed by atoms with Crippen molar-refractivity contribution in [2.24, 2.45) is 0 Å². The predicted molar refractivity (Wildman–Crippen MR) is 63.6 cm³/mol. The smallest absolute Gasteiger partial charge is 0.332 e. The molecule has 17 heavy (non-hydrogen) atoms. The number of carbonyl (C=O) groups is 1. The molecule has 0 heterocycles. The summed E-state index contributed by atoms with van der Waals surface area (Å²) in [5.41, 5.74) is -0.473. The normalized spacial score (nSPS) is 11.0. The number of hydrogen-bond donors (Lipinski definition) is 0. The van der Waals surface area contributed by atoms with Gasteiger partial charge in [-0.25, -0.2) is 4.79 Å². The molecule has 0 aliphatic heterocycles. The average molecular weight is 246 g/mol. The molecule has 5 nitrogen and oxygen atoms in total. The fourth-order valence-electron chi connectivity index (χ4n) is 0.937. The van der Waals surface area contributed by atoms with Crippen LogP contribution in [-0.4, -0.2) is 44.6 Å². The molecule has 100 valence electrons. The Hall–Kier alpha value is -1.07. The van der Waals surface area contributed by atoms with E-state index in [0.29, 0.717) is 26.4 Å². The lowest BCUT2D eigenvalue weighted by Crippen LogP contribution is -2.27. The zero-order valence-corrected chi connectivity index (χ0v) is 10.9. The quantitative estimate of drug-likeness (QED) is 0.351. The number of ether oxygens (including phenoxy) is 4. The van der Waals surface area contributed by atoms with Crippen molar-refractivity contribution < 1.29 is 23.7 Å². The Kier molecular flexibility index (Phi) is 8.44. The first kappa shape index (κ1) is 15.9. The van der Waals surface area contributed by atoms with Crippen molar-refractivity contribution in [2.75, 3.05) is 33.0 Å². The number of carbonyl (C=O) groups excluding carboxylic acids is 1. The standard InChI is InChI=1S/C12H22O5/c1-5-14-6-7-15-8-9-16-10-11(13)17-12(2,3)4/h5H,1,6-10H2,2-4H3. The minimum absolute atomic E-state index is 0.0518. The van der Waals surface area contributed by atoms with Crippen LogP contribution < -0.4 is 0 Å². The Balaban J connectivity index is 3.28. The van der Waals surface area contributed by atoms with Crippen LogP contribution in [-0.2, 0) is 23.7 Å². The molecule has 0 saturated heterocycles. The minimum atomic E-state index is -0.473. The Morgan fingerprint density at radius 3 is 2.29 bits per heavy atom. The molecule has 0 N–H and O–H groups in total. The maximum Gasteiger partial charge on any atom is 0.332 e. The second kappa shape index (κ2) is 9.01. The molecular formula is C12H22O5. The van der Waals surface area contributed by atoms with Gasteiger partial charge in [0.05, 0.1) is 26.1 Å². The van der Waals surface area contributed by atoms with Gasteiger partial charge in [-0.3, -0.25) is 0 Å². The lowest BCUT2D eigenvalue weighted by Gasteiger charge is -2.19. The summed E-state index contributed by atoms with van der Waals surface area (Å²) in [6, 6.07) is 0. The van der Waals surface area contributed by atoms with Gasteiger partial charge in [-0.2, -0.15) is 0 Å². The van der Waals surface area contributed by atoms with Crippen LogP contribution in [0.2, 0.25) is 0 Å². The molecule has 0 spiro atoms. The van der Waals surface area contributed by atoms with Crippen molar-refractivity contribution in [1.82, 2.24) is 0 Å². The molecule has 0 fully saturated rings. The third-order valence-corrected chi connectivity index (χ3v) is 1.48. The first-order valence-electron chi connectivity index (χ1n) is 5.55. The van der Waals surface area contributed by atoms with Gasteiger partial charge >= 0.3 is 5.97 Å². The van der Waals surface area contributed by atoms with Gasteiger partial charge in [0.25, 0.3) is 0 Å². The van der Waals surface area contributed by atoms with Crippen molar-refractivity contribution in [3.05, 3.63) is 12.8 Å². The van der Waals surface area contributed by atoms with Crippen LogP contribution in [0.15, 0.2) is 12.8 Å². The third-order valence-electron chi connectivity index (χ3n) is 1.48. The summed E-state index contributed by atoms with van der Waals surface area (Å²) in [6.07, 6.45) is 1.36. The highest BCUT2D eigenvalue weighted by atomic mass is 16.6. The zero-order valence-electron chi connectivity index (χ0n) is 10.9. The number of hydrogen-bond acceptors (Lipinski definition) is 5. The molecule has 0 atom stereocenters. The van der Waals surface area contributed by atoms with Crippen LogP contribution >= 0.6 is 0 Å². The highest BCUT2D eigenvalue weighted by molar-refractivity contribution is 5.71. The van der Waals surface area contributed by atoms with Crippen LogP contribution in [0.3, 0.4) is 0 Å². The van der Waals surface area contributed by atoms with Crippen LogP contribution in [0.4, 0.5) is 0 Å². The third kappa shape index (κ3) is 12.9. The van der Waals surface area contributed by atoms with Gasteiger partial charge in [0, 0.05) is 0 Å². The van der Waals surface area contributed by atoms with E-state index < -0.39 is 5.60 Å². The second-order valence-electron chi connectivity index (χ2n) is 4.29. The van der Waals surface area contributed by atoms with E-state index >= 15 is 0 Å². The summed E-state index contributed by atoms with van der Waals surface area (Å²) >= 11 is 0. The fourth-order valence-corrected chi connectivity index (χ4v) is 0.937. The molecule has 5 heteroatoms. The monoisotopic (exact) mass is 246 g/mol. The molecule has 0 amide bonds. The summed E-state index contributed by atoms with van der Waals surface area (Å²) in [7, 11) is 0. The molecule has 0 aliphatic carbocycles. The first-order valence-corrected chi connectivity index (χ1v) is 5.55. The van der Waals surface area contributed by atoms with Gasteiger partial charge in [0.1, 0.15) is 18.8 Å². The van der Waals surface area contributed by atoms with Crippen molar-refractivity contribution in [3.8, 4) is 0 Å².